The molecule has 2 N–H and O–H groups in total. The first kappa shape index (κ1) is 27.1. The monoisotopic (exact) mass is 541 g/mol. The summed E-state index contributed by atoms with van der Waals surface area (Å²) in [4.78, 5) is 34.7. The Hall–Kier alpha value is -2.98. The summed E-state index contributed by atoms with van der Waals surface area (Å²) in [6, 6.07) is 10.2. The molecule has 0 saturated carbocycles. The Morgan fingerprint density at radius 2 is 2.05 bits per heavy atom. The Kier molecular flexibility index (Phi) is 9.15. The molecule has 10 heteroatoms. The molecule has 2 aliphatic heterocycles. The third-order valence-corrected chi connectivity index (χ3v) is 7.93. The molecule has 8 nitrogen and oxygen atoms in total. The van der Waals surface area contributed by atoms with E-state index in [0.717, 1.165) is 55.3 Å². The number of benzene rings is 1. The van der Waals surface area contributed by atoms with Gasteiger partial charge >= 0.3 is 6.03 Å². The zero-order valence-electron chi connectivity index (χ0n) is 20.9. The average molecular weight is 542 g/mol. The molecule has 1 fully saturated rings. The number of carbonyl (C=O) groups excluding carboxylic acids is 2. The summed E-state index contributed by atoms with van der Waals surface area (Å²) < 4.78 is 6.63. The van der Waals surface area contributed by atoms with Crippen LogP contribution in [0.3, 0.4) is 0 Å². The van der Waals surface area contributed by atoms with Crippen LogP contribution >= 0.6 is 23.7 Å². The van der Waals surface area contributed by atoms with Gasteiger partial charge in [0.05, 0.1) is 26.3 Å². The van der Waals surface area contributed by atoms with E-state index in [1.807, 2.05) is 23.1 Å². The van der Waals surface area contributed by atoms with E-state index in [2.05, 4.69) is 39.6 Å². The fraction of sp³-hybridized carbons (Fsp3) is 0.370. The van der Waals surface area contributed by atoms with Gasteiger partial charge in [-0.1, -0.05) is 18.2 Å². The number of nitrogens with one attached hydrogen (secondary N) is 2. The number of hydrogen-bond donors (Lipinski definition) is 2. The number of nitrogens with zero attached hydrogens (tertiary/aromatic N) is 3. The number of amides is 3. The van der Waals surface area contributed by atoms with Gasteiger partial charge in [0, 0.05) is 53.6 Å². The second-order valence-electron chi connectivity index (χ2n) is 9.13. The minimum absolute atomic E-state index is 0. The number of fused-ring (bicyclic) bond motifs is 2. The molecule has 5 rings (SSSR count). The van der Waals surface area contributed by atoms with Crippen LogP contribution in [0.1, 0.15) is 28.0 Å². The van der Waals surface area contributed by atoms with Gasteiger partial charge in [-0.3, -0.25) is 15.0 Å². The van der Waals surface area contributed by atoms with Crippen molar-refractivity contribution < 1.29 is 14.3 Å². The molecular formula is C27H32ClN5O3S. The van der Waals surface area contributed by atoms with Crippen LogP contribution in [0.25, 0.3) is 16.2 Å². The van der Waals surface area contributed by atoms with Crippen molar-refractivity contribution in [1.29, 1.82) is 0 Å². The summed E-state index contributed by atoms with van der Waals surface area (Å²) in [5.41, 5.74) is 2.99. The molecule has 0 radical (unpaired) electrons. The van der Waals surface area contributed by atoms with Gasteiger partial charge < -0.3 is 15.0 Å². The van der Waals surface area contributed by atoms with Crippen molar-refractivity contribution in [2.24, 2.45) is 0 Å². The van der Waals surface area contributed by atoms with E-state index in [1.165, 1.54) is 21.7 Å². The molecule has 3 amide bonds. The van der Waals surface area contributed by atoms with Gasteiger partial charge in [-0.05, 0) is 48.1 Å². The first-order chi connectivity index (χ1) is 17.6. The number of thiophene rings is 1. The summed E-state index contributed by atoms with van der Waals surface area (Å²) >= 11 is 1.71. The summed E-state index contributed by atoms with van der Waals surface area (Å²) in [7, 11) is 0. The van der Waals surface area contributed by atoms with E-state index < -0.39 is 0 Å². The van der Waals surface area contributed by atoms with E-state index >= 15 is 0 Å². The fourth-order valence-electron chi connectivity index (χ4n) is 4.59. The molecule has 4 heterocycles. The Bertz CT molecular complexity index is 1290. The van der Waals surface area contributed by atoms with Crippen molar-refractivity contribution >= 4 is 57.7 Å². The third kappa shape index (κ3) is 6.67. The van der Waals surface area contributed by atoms with Crippen molar-refractivity contribution in [1.82, 2.24) is 20.1 Å². The van der Waals surface area contributed by atoms with Crippen LogP contribution in [0.15, 0.2) is 42.6 Å². The molecule has 0 bridgehead atoms. The second kappa shape index (κ2) is 12.5. The fourth-order valence-corrected chi connectivity index (χ4v) is 5.74. The van der Waals surface area contributed by atoms with Crippen molar-refractivity contribution in [3.8, 4) is 0 Å². The number of anilines is 1. The van der Waals surface area contributed by atoms with Crippen LogP contribution in [0.2, 0.25) is 0 Å². The lowest BCUT2D eigenvalue weighted by Gasteiger charge is -2.31. The molecule has 2 aliphatic rings. The average Bonchev–Trinajstić information content (AvgIpc) is 3.22. The first-order valence-corrected chi connectivity index (χ1v) is 13.2. The highest BCUT2D eigenvalue weighted by Gasteiger charge is 2.23. The molecular weight excluding hydrogens is 510 g/mol. The van der Waals surface area contributed by atoms with Gasteiger partial charge in [0.1, 0.15) is 5.82 Å². The molecule has 0 atom stereocenters. The molecule has 1 saturated heterocycles. The standard InChI is InChI=1S/C27H31N5O3S.ClH/c1-19-22-5-2-3-6-23(22)36-24(19)17-28-25(33)8-7-20-15-21-18-32(27(34)30-26(21)29-16-20)10-4-9-31-11-13-35-14-12-31;/h2-3,5-8,15-16H,4,9-14,17-18H2,1H3,(H,28,33)(H,29,30,34);1H. The van der Waals surface area contributed by atoms with Crippen molar-refractivity contribution in [3.63, 3.8) is 0 Å². The van der Waals surface area contributed by atoms with Gasteiger partial charge in [0.15, 0.2) is 0 Å². The molecule has 1 aromatic carbocycles. The van der Waals surface area contributed by atoms with E-state index in [4.69, 9.17) is 4.74 Å². The maximum Gasteiger partial charge on any atom is 0.323 e. The zero-order chi connectivity index (χ0) is 24.9. The lowest BCUT2D eigenvalue weighted by atomic mass is 10.1. The molecule has 2 aromatic heterocycles. The van der Waals surface area contributed by atoms with Crippen LogP contribution in [-0.4, -0.2) is 66.1 Å². The normalized spacial score (nSPS) is 15.9. The SMILES string of the molecule is Cc1c(CNC(=O)C=Cc2cnc3c(c2)CN(CCCN2CCOCC2)C(=O)N3)sc2ccccc12.Cl. The van der Waals surface area contributed by atoms with Gasteiger partial charge in [-0.15, -0.1) is 23.7 Å². The van der Waals surface area contributed by atoms with E-state index in [9.17, 15) is 9.59 Å². The summed E-state index contributed by atoms with van der Waals surface area (Å²) in [6.07, 6.45) is 5.88. The topological polar surface area (TPSA) is 86.8 Å². The summed E-state index contributed by atoms with van der Waals surface area (Å²) in [6.45, 7) is 8.21. The summed E-state index contributed by atoms with van der Waals surface area (Å²) in [5, 5.41) is 7.11. The number of morpholine rings is 1. The van der Waals surface area contributed by atoms with Crippen LogP contribution in [0, 0.1) is 6.92 Å². The smallest absolute Gasteiger partial charge is 0.323 e. The van der Waals surface area contributed by atoms with E-state index in [0.29, 0.717) is 25.5 Å². The van der Waals surface area contributed by atoms with E-state index in [1.54, 1.807) is 23.6 Å². The minimum Gasteiger partial charge on any atom is -0.379 e. The minimum atomic E-state index is -0.150. The highest BCUT2D eigenvalue weighted by atomic mass is 35.5. The number of pyridine rings is 1. The maximum absolute atomic E-state index is 12.5. The first-order valence-electron chi connectivity index (χ1n) is 12.3. The van der Waals surface area contributed by atoms with Gasteiger partial charge in [0.2, 0.25) is 5.91 Å². The van der Waals surface area contributed by atoms with Crippen LogP contribution in [0.4, 0.5) is 10.6 Å². The molecule has 3 aromatic rings. The van der Waals surface area contributed by atoms with Crippen LogP contribution in [-0.2, 0) is 22.6 Å². The summed E-state index contributed by atoms with van der Waals surface area (Å²) in [5.74, 6) is 0.439. The molecule has 0 spiro atoms. The number of halogens is 1. The number of carbonyl (C=O) groups is 2. The van der Waals surface area contributed by atoms with Crippen molar-refractivity contribution in [2.45, 2.75) is 26.4 Å². The Labute approximate surface area is 227 Å². The van der Waals surface area contributed by atoms with Gasteiger partial charge in [0.25, 0.3) is 0 Å². The number of aryl methyl sites for hydroxylation is 1. The Morgan fingerprint density at radius 1 is 1.24 bits per heavy atom. The number of ether oxygens (including phenoxy) is 1. The zero-order valence-corrected chi connectivity index (χ0v) is 22.5. The largest absolute Gasteiger partial charge is 0.379 e. The van der Waals surface area contributed by atoms with Crippen LogP contribution in [0.5, 0.6) is 0 Å². The van der Waals surface area contributed by atoms with Crippen LogP contribution < -0.4 is 10.6 Å². The van der Waals surface area contributed by atoms with Gasteiger partial charge in [-0.25, -0.2) is 9.78 Å². The highest BCUT2D eigenvalue weighted by molar-refractivity contribution is 7.19. The molecule has 0 aliphatic carbocycles. The number of rotatable bonds is 8. The molecule has 0 unspecified atom stereocenters. The third-order valence-electron chi connectivity index (χ3n) is 6.66. The Balaban J connectivity index is 0.00000320. The molecule has 196 valence electrons. The number of urea groups is 1. The molecule has 37 heavy (non-hydrogen) atoms. The van der Waals surface area contributed by atoms with Gasteiger partial charge in [-0.2, -0.15) is 0 Å². The Morgan fingerprint density at radius 3 is 2.86 bits per heavy atom. The second-order valence-corrected chi connectivity index (χ2v) is 10.3. The number of hydrogen-bond acceptors (Lipinski definition) is 6. The highest BCUT2D eigenvalue weighted by Crippen LogP contribution is 2.30. The maximum atomic E-state index is 12.5. The quantitative estimate of drug-likeness (QED) is 0.412. The number of aromatic nitrogens is 1. The van der Waals surface area contributed by atoms with E-state index in [-0.39, 0.29) is 24.3 Å². The predicted octanol–water partition coefficient (Wildman–Crippen LogP) is 4.43. The predicted molar refractivity (Wildman–Crippen MR) is 150 cm³/mol. The van der Waals surface area contributed by atoms with Crippen molar-refractivity contribution in [2.75, 3.05) is 44.7 Å². The van der Waals surface area contributed by atoms with Crippen molar-refractivity contribution in [3.05, 3.63) is 64.2 Å². The lowest BCUT2D eigenvalue weighted by Crippen LogP contribution is -2.42. The lowest BCUT2D eigenvalue weighted by molar-refractivity contribution is -0.116.